The number of rotatable bonds is 7. The summed E-state index contributed by atoms with van der Waals surface area (Å²) in [6, 6.07) is 11.0. The lowest BCUT2D eigenvalue weighted by Gasteiger charge is -2.49. The summed E-state index contributed by atoms with van der Waals surface area (Å²) in [5.41, 5.74) is 5.39. The highest BCUT2D eigenvalue weighted by molar-refractivity contribution is 6.32. The van der Waals surface area contributed by atoms with Crippen molar-refractivity contribution in [1.29, 1.82) is 0 Å². The minimum Gasteiger partial charge on any atom is -0.493 e. The highest BCUT2D eigenvalue weighted by atomic mass is 35.5. The maximum absolute atomic E-state index is 13.9. The van der Waals surface area contributed by atoms with Gasteiger partial charge in [0.15, 0.2) is 29.7 Å². The van der Waals surface area contributed by atoms with Crippen molar-refractivity contribution in [1.82, 2.24) is 4.90 Å². The van der Waals surface area contributed by atoms with E-state index in [1.807, 2.05) is 31.2 Å². The SMILES string of the molecule is CCN1C2=C(C(=O)CC(C)(C)C2)C(c2cc(Cl)c(OCC(=O)Nc3cccc(C)c3)c(OC)c2)C2=C1CC(C)(C)CC2=O. The fourth-order valence-corrected chi connectivity index (χ4v) is 7.14. The van der Waals surface area contributed by atoms with Gasteiger partial charge >= 0.3 is 0 Å². The number of hydrogen-bond donors (Lipinski definition) is 1. The number of ketones is 2. The van der Waals surface area contributed by atoms with Crippen molar-refractivity contribution in [2.45, 2.75) is 73.1 Å². The van der Waals surface area contributed by atoms with Crippen LogP contribution >= 0.6 is 11.6 Å². The molecule has 0 radical (unpaired) electrons. The maximum Gasteiger partial charge on any atom is 0.262 e. The van der Waals surface area contributed by atoms with Crippen LogP contribution in [-0.2, 0) is 14.4 Å². The first-order chi connectivity index (χ1) is 20.2. The summed E-state index contributed by atoms with van der Waals surface area (Å²) in [7, 11) is 1.51. The van der Waals surface area contributed by atoms with E-state index < -0.39 is 5.92 Å². The standard InChI is InChI=1S/C35H41ClN2O5/c1-8-38-24-15-34(3,4)17-26(39)31(24)30(32-25(38)16-35(5,6)18-27(32)40)21-13-23(36)33(28(14-21)42-7)43-19-29(41)37-22-11-9-10-20(2)12-22/h9-14,30H,8,15-19H2,1-7H3,(H,37,41). The number of allylic oxidation sites excluding steroid dienone is 4. The van der Waals surface area contributed by atoms with Crippen LogP contribution < -0.4 is 14.8 Å². The molecule has 0 aromatic heterocycles. The fourth-order valence-electron chi connectivity index (χ4n) is 6.87. The van der Waals surface area contributed by atoms with Gasteiger partial charge in [-0.05, 0) is 72.9 Å². The first-order valence-electron chi connectivity index (χ1n) is 14.9. The number of carbonyl (C=O) groups excluding carboxylic acids is 3. The number of amides is 1. The molecule has 2 aliphatic carbocycles. The van der Waals surface area contributed by atoms with E-state index in [2.05, 4.69) is 44.8 Å². The highest BCUT2D eigenvalue weighted by Gasteiger charge is 2.48. The van der Waals surface area contributed by atoms with Gasteiger partial charge in [-0.3, -0.25) is 14.4 Å². The van der Waals surface area contributed by atoms with Gasteiger partial charge in [0.2, 0.25) is 0 Å². The van der Waals surface area contributed by atoms with Crippen molar-refractivity contribution in [2.75, 3.05) is 25.6 Å². The molecular weight excluding hydrogens is 564 g/mol. The van der Waals surface area contributed by atoms with E-state index in [0.717, 1.165) is 29.8 Å². The Morgan fingerprint density at radius 1 is 0.977 bits per heavy atom. The molecule has 1 heterocycles. The van der Waals surface area contributed by atoms with Crippen LogP contribution in [0.3, 0.4) is 0 Å². The number of nitrogens with one attached hydrogen (secondary N) is 1. The Morgan fingerprint density at radius 3 is 2.12 bits per heavy atom. The molecule has 2 aromatic carbocycles. The number of anilines is 1. The van der Waals surface area contributed by atoms with E-state index in [9.17, 15) is 14.4 Å². The third-order valence-electron chi connectivity index (χ3n) is 8.57. The lowest BCUT2D eigenvalue weighted by molar-refractivity contribution is -0.120. The molecule has 0 saturated carbocycles. The van der Waals surface area contributed by atoms with Crippen molar-refractivity contribution < 1.29 is 23.9 Å². The lowest BCUT2D eigenvalue weighted by Crippen LogP contribution is -2.44. The predicted molar refractivity (Wildman–Crippen MR) is 169 cm³/mol. The van der Waals surface area contributed by atoms with E-state index in [-0.39, 0.29) is 45.7 Å². The van der Waals surface area contributed by atoms with E-state index in [1.165, 1.54) is 7.11 Å². The molecule has 5 rings (SSSR count). The third kappa shape index (κ3) is 6.10. The number of Topliss-reactive ketones (excluding diaryl/α,β-unsaturated/α-hetero) is 2. The largest absolute Gasteiger partial charge is 0.493 e. The normalized spacial score (nSPS) is 19.7. The van der Waals surface area contributed by atoms with Gasteiger partial charge in [-0.1, -0.05) is 51.4 Å². The zero-order valence-electron chi connectivity index (χ0n) is 26.2. The number of halogens is 1. The summed E-state index contributed by atoms with van der Waals surface area (Å²) in [5.74, 6) is -0.210. The second kappa shape index (κ2) is 11.5. The lowest BCUT2D eigenvalue weighted by atomic mass is 9.63. The zero-order valence-corrected chi connectivity index (χ0v) is 26.9. The maximum atomic E-state index is 13.9. The Kier molecular flexibility index (Phi) is 8.25. The summed E-state index contributed by atoms with van der Waals surface area (Å²) in [4.78, 5) is 42.7. The number of methoxy groups -OCH3 is 1. The van der Waals surface area contributed by atoms with E-state index in [0.29, 0.717) is 47.5 Å². The van der Waals surface area contributed by atoms with Gasteiger partial charge in [0.1, 0.15) is 0 Å². The first kappa shape index (κ1) is 30.9. The Morgan fingerprint density at radius 2 is 1.58 bits per heavy atom. The van der Waals surface area contributed by atoms with Crippen LogP contribution in [0.5, 0.6) is 11.5 Å². The molecule has 0 saturated heterocycles. The summed E-state index contributed by atoms with van der Waals surface area (Å²) in [6.45, 7) is 12.9. The van der Waals surface area contributed by atoms with Crippen LogP contribution in [0, 0.1) is 17.8 Å². The Labute approximate surface area is 259 Å². The summed E-state index contributed by atoms with van der Waals surface area (Å²) < 4.78 is 11.6. The molecule has 1 amide bonds. The molecule has 7 nitrogen and oxygen atoms in total. The molecular formula is C35H41ClN2O5. The molecule has 0 bridgehead atoms. The molecule has 43 heavy (non-hydrogen) atoms. The fraction of sp³-hybridized carbons (Fsp3) is 0.457. The summed E-state index contributed by atoms with van der Waals surface area (Å²) in [5, 5.41) is 3.07. The molecule has 2 aromatic rings. The van der Waals surface area contributed by atoms with Crippen LogP contribution in [-0.4, -0.2) is 42.6 Å². The average Bonchev–Trinajstić information content (AvgIpc) is 2.89. The van der Waals surface area contributed by atoms with Crippen molar-refractivity contribution in [3.05, 3.63) is 75.1 Å². The minimum absolute atomic E-state index is 0.0575. The summed E-state index contributed by atoms with van der Waals surface area (Å²) >= 11 is 6.82. The van der Waals surface area contributed by atoms with Crippen LogP contribution in [0.2, 0.25) is 5.02 Å². The van der Waals surface area contributed by atoms with Gasteiger partial charge in [-0.2, -0.15) is 0 Å². The van der Waals surface area contributed by atoms with Gasteiger partial charge in [0.05, 0.1) is 12.1 Å². The summed E-state index contributed by atoms with van der Waals surface area (Å²) in [6.07, 6.45) is 2.30. The Hall–Kier alpha value is -3.58. The smallest absolute Gasteiger partial charge is 0.262 e. The van der Waals surface area contributed by atoms with E-state index >= 15 is 0 Å². The number of hydrogen-bond acceptors (Lipinski definition) is 6. The second-order valence-electron chi connectivity index (χ2n) is 13.5. The molecule has 0 spiro atoms. The Balaban J connectivity index is 1.55. The monoisotopic (exact) mass is 604 g/mol. The molecule has 0 fully saturated rings. The first-order valence-corrected chi connectivity index (χ1v) is 15.3. The topological polar surface area (TPSA) is 84.9 Å². The van der Waals surface area contributed by atoms with Gasteiger partial charge in [-0.25, -0.2) is 0 Å². The van der Waals surface area contributed by atoms with Crippen LogP contribution in [0.25, 0.3) is 0 Å². The van der Waals surface area contributed by atoms with Crippen molar-refractivity contribution >= 4 is 34.8 Å². The van der Waals surface area contributed by atoms with Crippen LogP contribution in [0.15, 0.2) is 58.9 Å². The molecule has 228 valence electrons. The molecule has 1 N–H and O–H groups in total. The Bertz CT molecular complexity index is 1510. The zero-order chi connectivity index (χ0) is 31.3. The highest BCUT2D eigenvalue weighted by Crippen LogP contribution is 2.55. The predicted octanol–water partition coefficient (Wildman–Crippen LogP) is 7.38. The quantitative estimate of drug-likeness (QED) is 0.355. The average molecular weight is 605 g/mol. The number of ether oxygens (including phenoxy) is 2. The van der Waals surface area contributed by atoms with Gasteiger partial charge in [0, 0.05) is 53.5 Å². The number of benzene rings is 2. The van der Waals surface area contributed by atoms with Crippen LogP contribution in [0.1, 0.15) is 77.3 Å². The van der Waals surface area contributed by atoms with Gasteiger partial charge in [0.25, 0.3) is 5.91 Å². The van der Waals surface area contributed by atoms with Crippen molar-refractivity contribution in [3.63, 3.8) is 0 Å². The van der Waals surface area contributed by atoms with Crippen LogP contribution in [0.4, 0.5) is 5.69 Å². The molecule has 0 unspecified atom stereocenters. The molecule has 3 aliphatic rings. The number of nitrogens with zero attached hydrogens (tertiary/aromatic N) is 1. The number of carbonyl (C=O) groups is 3. The van der Waals surface area contributed by atoms with E-state index in [4.69, 9.17) is 21.1 Å². The molecule has 1 aliphatic heterocycles. The van der Waals surface area contributed by atoms with Crippen molar-refractivity contribution in [2.24, 2.45) is 10.8 Å². The number of aryl methyl sites for hydroxylation is 1. The third-order valence-corrected chi connectivity index (χ3v) is 8.85. The minimum atomic E-state index is -0.551. The second-order valence-corrected chi connectivity index (χ2v) is 13.9. The van der Waals surface area contributed by atoms with Gasteiger partial charge in [-0.15, -0.1) is 0 Å². The molecule has 0 atom stereocenters. The van der Waals surface area contributed by atoms with Gasteiger partial charge < -0.3 is 19.7 Å². The molecule has 8 heteroatoms. The van der Waals surface area contributed by atoms with E-state index in [1.54, 1.807) is 12.1 Å². The van der Waals surface area contributed by atoms with Crippen molar-refractivity contribution in [3.8, 4) is 11.5 Å².